The number of nitrogens with one attached hydrogen (secondary N) is 1. The summed E-state index contributed by atoms with van der Waals surface area (Å²) < 4.78 is 15.7. The van der Waals surface area contributed by atoms with Crippen LogP contribution in [0.4, 0.5) is 15.8 Å². The van der Waals surface area contributed by atoms with E-state index >= 15 is 0 Å². The summed E-state index contributed by atoms with van der Waals surface area (Å²) in [5, 5.41) is 13.6. The molecule has 0 fully saturated rings. The molecular weight excluding hydrogens is 261 g/mol. The third-order valence-electron chi connectivity index (χ3n) is 3.51. The molecule has 2 rings (SSSR count). The molecule has 0 saturated heterocycles. The average Bonchev–Trinajstić information content (AvgIpc) is 2.65. The number of hydrogen-bond donors (Lipinski definition) is 1. The van der Waals surface area contributed by atoms with Gasteiger partial charge in [0.25, 0.3) is 5.69 Å². The van der Waals surface area contributed by atoms with Gasteiger partial charge in [0.2, 0.25) is 0 Å². The minimum absolute atomic E-state index is 0.130. The summed E-state index contributed by atoms with van der Waals surface area (Å²) in [7, 11) is 1.96. The van der Waals surface area contributed by atoms with Crippen molar-refractivity contribution in [3.63, 3.8) is 0 Å². The van der Waals surface area contributed by atoms with Crippen LogP contribution in [0.1, 0.15) is 17.0 Å². The molecule has 0 unspecified atom stereocenters. The summed E-state index contributed by atoms with van der Waals surface area (Å²) in [6.45, 7) is 4.39. The lowest BCUT2D eigenvalue weighted by molar-refractivity contribution is -0.384. The first kappa shape index (κ1) is 14.0. The molecule has 0 amide bonds. The quantitative estimate of drug-likeness (QED) is 0.689. The van der Waals surface area contributed by atoms with E-state index < -0.39 is 10.7 Å². The Labute approximate surface area is 116 Å². The van der Waals surface area contributed by atoms with Gasteiger partial charge in [-0.05, 0) is 31.5 Å². The van der Waals surface area contributed by atoms with Crippen molar-refractivity contribution in [1.29, 1.82) is 0 Å². The van der Waals surface area contributed by atoms with Crippen LogP contribution in [0.5, 0.6) is 0 Å². The molecule has 106 valence electrons. The molecule has 0 atom stereocenters. The van der Waals surface area contributed by atoms with E-state index in [0.29, 0.717) is 6.54 Å². The number of nitro groups is 1. The summed E-state index contributed by atoms with van der Waals surface area (Å²) in [5.74, 6) is -0.499. The van der Waals surface area contributed by atoms with Crippen molar-refractivity contribution in [2.75, 3.05) is 5.32 Å². The van der Waals surface area contributed by atoms with Gasteiger partial charge in [0.1, 0.15) is 5.82 Å². The smallest absolute Gasteiger partial charge is 0.271 e. The van der Waals surface area contributed by atoms with E-state index in [4.69, 9.17) is 0 Å². The average molecular weight is 277 g/mol. The SMILES string of the molecule is Cc1cc(CNc2cc([N+](=O)[O-])ccc2F)c(C)n1C. The Hall–Kier alpha value is -2.37. The number of halogens is 1. The number of aryl methyl sites for hydroxylation is 1. The fourth-order valence-electron chi connectivity index (χ4n) is 2.07. The fourth-order valence-corrected chi connectivity index (χ4v) is 2.07. The van der Waals surface area contributed by atoms with Gasteiger partial charge in [0, 0.05) is 37.1 Å². The molecular formula is C14H16FN3O2. The maximum atomic E-state index is 13.6. The van der Waals surface area contributed by atoms with Gasteiger partial charge in [-0.15, -0.1) is 0 Å². The van der Waals surface area contributed by atoms with Crippen molar-refractivity contribution in [2.24, 2.45) is 7.05 Å². The number of non-ortho nitro benzene ring substituents is 1. The van der Waals surface area contributed by atoms with Crippen LogP contribution < -0.4 is 5.32 Å². The standard InChI is InChI=1S/C14H16FN3O2/c1-9-6-11(10(2)17(9)3)8-16-14-7-12(18(19)20)4-5-13(14)15/h4-7,16H,8H2,1-3H3. The molecule has 2 aromatic rings. The predicted molar refractivity (Wildman–Crippen MR) is 75.3 cm³/mol. The first-order chi connectivity index (χ1) is 9.40. The highest BCUT2D eigenvalue weighted by Gasteiger charge is 2.12. The number of anilines is 1. The topological polar surface area (TPSA) is 60.1 Å². The number of hydrogen-bond acceptors (Lipinski definition) is 3. The Balaban J connectivity index is 2.20. The number of nitro benzene ring substituents is 1. The molecule has 0 saturated carbocycles. The van der Waals surface area contributed by atoms with E-state index in [0.717, 1.165) is 29.1 Å². The Morgan fingerprint density at radius 3 is 2.60 bits per heavy atom. The highest BCUT2D eigenvalue weighted by atomic mass is 19.1. The van der Waals surface area contributed by atoms with Crippen LogP contribution in [-0.2, 0) is 13.6 Å². The van der Waals surface area contributed by atoms with Gasteiger partial charge in [-0.2, -0.15) is 0 Å². The predicted octanol–water partition coefficient (Wildman–Crippen LogP) is 3.30. The number of rotatable bonds is 4. The second-order valence-electron chi connectivity index (χ2n) is 4.73. The lowest BCUT2D eigenvalue weighted by atomic mass is 10.2. The number of nitrogens with zero attached hydrogens (tertiary/aromatic N) is 2. The zero-order valence-corrected chi connectivity index (χ0v) is 11.6. The van der Waals surface area contributed by atoms with Gasteiger partial charge in [-0.3, -0.25) is 10.1 Å². The summed E-state index contributed by atoms with van der Waals surface area (Å²) >= 11 is 0. The van der Waals surface area contributed by atoms with Crippen molar-refractivity contribution in [3.05, 3.63) is 57.1 Å². The van der Waals surface area contributed by atoms with E-state index in [1.54, 1.807) is 0 Å². The minimum Gasteiger partial charge on any atom is -0.378 e. The second-order valence-corrected chi connectivity index (χ2v) is 4.73. The number of benzene rings is 1. The molecule has 20 heavy (non-hydrogen) atoms. The molecule has 1 N–H and O–H groups in total. The molecule has 0 aliphatic heterocycles. The number of aromatic nitrogens is 1. The summed E-state index contributed by atoms with van der Waals surface area (Å²) in [5.41, 5.74) is 3.24. The van der Waals surface area contributed by atoms with Gasteiger partial charge in [0.05, 0.1) is 10.6 Å². The van der Waals surface area contributed by atoms with Crippen molar-refractivity contribution in [3.8, 4) is 0 Å². The molecule has 0 bridgehead atoms. The first-order valence-corrected chi connectivity index (χ1v) is 6.19. The second kappa shape index (κ2) is 5.32. The maximum Gasteiger partial charge on any atom is 0.271 e. The van der Waals surface area contributed by atoms with Crippen molar-refractivity contribution in [1.82, 2.24) is 4.57 Å². The lowest BCUT2D eigenvalue weighted by Gasteiger charge is -2.08. The van der Waals surface area contributed by atoms with Gasteiger partial charge in [-0.1, -0.05) is 0 Å². The third kappa shape index (κ3) is 2.64. The Kier molecular flexibility index (Phi) is 3.74. The molecule has 0 aliphatic carbocycles. The zero-order valence-electron chi connectivity index (χ0n) is 11.6. The van der Waals surface area contributed by atoms with Crippen LogP contribution in [0, 0.1) is 29.8 Å². The lowest BCUT2D eigenvalue weighted by Crippen LogP contribution is -2.03. The fraction of sp³-hybridized carbons (Fsp3) is 0.286. The van der Waals surface area contributed by atoms with Crippen LogP contribution >= 0.6 is 0 Å². The molecule has 0 spiro atoms. The molecule has 1 heterocycles. The molecule has 0 aliphatic rings. The first-order valence-electron chi connectivity index (χ1n) is 6.19. The van der Waals surface area contributed by atoms with Crippen molar-refractivity contribution < 1.29 is 9.31 Å². The van der Waals surface area contributed by atoms with Crippen LogP contribution in [0.3, 0.4) is 0 Å². The van der Waals surface area contributed by atoms with Crippen LogP contribution in [0.2, 0.25) is 0 Å². The van der Waals surface area contributed by atoms with Gasteiger partial charge >= 0.3 is 0 Å². The van der Waals surface area contributed by atoms with E-state index in [-0.39, 0.29) is 11.4 Å². The molecule has 0 radical (unpaired) electrons. The Bertz CT molecular complexity index is 665. The van der Waals surface area contributed by atoms with Gasteiger partial charge in [-0.25, -0.2) is 4.39 Å². The highest BCUT2D eigenvalue weighted by Crippen LogP contribution is 2.22. The zero-order chi connectivity index (χ0) is 14.9. The third-order valence-corrected chi connectivity index (χ3v) is 3.51. The Morgan fingerprint density at radius 1 is 1.35 bits per heavy atom. The van der Waals surface area contributed by atoms with Crippen molar-refractivity contribution >= 4 is 11.4 Å². The monoisotopic (exact) mass is 277 g/mol. The Morgan fingerprint density at radius 2 is 2.05 bits per heavy atom. The maximum absolute atomic E-state index is 13.6. The van der Waals surface area contributed by atoms with E-state index in [1.165, 1.54) is 6.07 Å². The summed E-state index contributed by atoms with van der Waals surface area (Å²) in [6, 6.07) is 5.47. The normalized spacial score (nSPS) is 10.6. The molecule has 6 heteroatoms. The molecule has 1 aromatic carbocycles. The van der Waals surface area contributed by atoms with Crippen LogP contribution in [-0.4, -0.2) is 9.49 Å². The molecule has 1 aromatic heterocycles. The van der Waals surface area contributed by atoms with Gasteiger partial charge in [0.15, 0.2) is 0 Å². The van der Waals surface area contributed by atoms with Crippen LogP contribution in [0.25, 0.3) is 0 Å². The van der Waals surface area contributed by atoms with Gasteiger partial charge < -0.3 is 9.88 Å². The van der Waals surface area contributed by atoms with Crippen molar-refractivity contribution in [2.45, 2.75) is 20.4 Å². The van der Waals surface area contributed by atoms with E-state index in [1.807, 2.05) is 31.5 Å². The summed E-state index contributed by atoms with van der Waals surface area (Å²) in [6.07, 6.45) is 0. The molecule has 5 nitrogen and oxygen atoms in total. The minimum atomic E-state index is -0.539. The highest BCUT2D eigenvalue weighted by molar-refractivity contribution is 5.52. The van der Waals surface area contributed by atoms with Crippen LogP contribution in [0.15, 0.2) is 24.3 Å². The van der Waals surface area contributed by atoms with E-state index in [9.17, 15) is 14.5 Å². The summed E-state index contributed by atoms with van der Waals surface area (Å²) in [4.78, 5) is 10.2. The van der Waals surface area contributed by atoms with E-state index in [2.05, 4.69) is 5.32 Å². The largest absolute Gasteiger partial charge is 0.378 e.